The van der Waals surface area contributed by atoms with Crippen molar-refractivity contribution in [3.8, 4) is 0 Å². The van der Waals surface area contributed by atoms with Gasteiger partial charge in [-0.25, -0.2) is 0 Å². The lowest BCUT2D eigenvalue weighted by Gasteiger charge is -2.20. The van der Waals surface area contributed by atoms with Gasteiger partial charge in [0, 0.05) is 12.7 Å². The van der Waals surface area contributed by atoms with Crippen molar-refractivity contribution < 1.29 is 9.59 Å². The molecule has 1 aromatic carbocycles. The van der Waals surface area contributed by atoms with Crippen molar-refractivity contribution in [1.82, 2.24) is 10.2 Å². The van der Waals surface area contributed by atoms with Gasteiger partial charge >= 0.3 is 0 Å². The summed E-state index contributed by atoms with van der Waals surface area (Å²) in [5.74, 6) is -0.194. The number of carbonyl (C=O) groups excluding carboxylic acids is 2. The van der Waals surface area contributed by atoms with Crippen LogP contribution in [0.4, 0.5) is 5.69 Å². The molecule has 1 unspecified atom stereocenters. The molecule has 0 aliphatic carbocycles. The summed E-state index contributed by atoms with van der Waals surface area (Å²) >= 11 is 0. The van der Waals surface area contributed by atoms with Gasteiger partial charge in [-0.2, -0.15) is 0 Å². The Balaban J connectivity index is 1.83. The fraction of sp³-hybridized carbons (Fsp3) is 0.429. The van der Waals surface area contributed by atoms with E-state index < -0.39 is 0 Å². The van der Waals surface area contributed by atoms with Gasteiger partial charge in [-0.15, -0.1) is 0 Å². The van der Waals surface area contributed by atoms with Crippen molar-refractivity contribution in [2.24, 2.45) is 0 Å². The summed E-state index contributed by atoms with van der Waals surface area (Å²) in [7, 11) is 1.66. The largest absolute Gasteiger partial charge is 0.335 e. The van der Waals surface area contributed by atoms with E-state index in [1.54, 1.807) is 7.05 Å². The number of carbonyl (C=O) groups is 2. The Kier molecular flexibility index (Phi) is 4.52. The molecule has 2 N–H and O–H groups in total. The van der Waals surface area contributed by atoms with Gasteiger partial charge in [0.1, 0.15) is 0 Å². The summed E-state index contributed by atoms with van der Waals surface area (Å²) < 4.78 is 0. The normalized spacial score (nSPS) is 18.1. The Labute approximate surface area is 113 Å². The molecule has 2 rings (SSSR count). The summed E-state index contributed by atoms with van der Waals surface area (Å²) in [6.45, 7) is 0.951. The molecule has 5 heteroatoms. The van der Waals surface area contributed by atoms with Crippen LogP contribution in [0.25, 0.3) is 0 Å². The van der Waals surface area contributed by atoms with Crippen molar-refractivity contribution in [2.45, 2.75) is 18.9 Å². The third-order valence-electron chi connectivity index (χ3n) is 3.17. The number of para-hydroxylation sites is 1. The molecular weight excluding hydrogens is 242 g/mol. The van der Waals surface area contributed by atoms with Crippen LogP contribution in [0.3, 0.4) is 0 Å². The third kappa shape index (κ3) is 3.79. The number of benzene rings is 1. The Hall–Kier alpha value is -1.88. The summed E-state index contributed by atoms with van der Waals surface area (Å²) in [5.41, 5.74) is 0.743. The highest BCUT2D eigenvalue weighted by atomic mass is 16.2. The van der Waals surface area contributed by atoms with Crippen molar-refractivity contribution in [1.29, 1.82) is 0 Å². The molecule has 1 fully saturated rings. The number of nitrogens with one attached hydrogen (secondary N) is 2. The Morgan fingerprint density at radius 3 is 2.74 bits per heavy atom. The molecule has 19 heavy (non-hydrogen) atoms. The number of nitrogens with zero attached hydrogens (tertiary/aromatic N) is 1. The van der Waals surface area contributed by atoms with E-state index in [4.69, 9.17) is 0 Å². The Morgan fingerprint density at radius 1 is 1.37 bits per heavy atom. The van der Waals surface area contributed by atoms with Crippen LogP contribution in [0.1, 0.15) is 12.8 Å². The molecule has 5 nitrogen and oxygen atoms in total. The van der Waals surface area contributed by atoms with Crippen LogP contribution in [-0.2, 0) is 9.59 Å². The SMILES string of the molecule is CN(CC(=O)Nc1ccccc1)C(=O)C1CCCN1. The van der Waals surface area contributed by atoms with Crippen molar-refractivity contribution in [2.75, 3.05) is 25.5 Å². The lowest BCUT2D eigenvalue weighted by atomic mass is 10.2. The van der Waals surface area contributed by atoms with E-state index in [1.165, 1.54) is 4.90 Å². The number of anilines is 1. The lowest BCUT2D eigenvalue weighted by molar-refractivity contribution is -0.134. The van der Waals surface area contributed by atoms with Gasteiger partial charge < -0.3 is 15.5 Å². The van der Waals surface area contributed by atoms with Crippen LogP contribution in [0.5, 0.6) is 0 Å². The average Bonchev–Trinajstić information content (AvgIpc) is 2.92. The van der Waals surface area contributed by atoms with E-state index in [2.05, 4.69) is 10.6 Å². The minimum atomic E-state index is -0.181. The Bertz CT molecular complexity index is 441. The van der Waals surface area contributed by atoms with Gasteiger partial charge in [-0.1, -0.05) is 18.2 Å². The van der Waals surface area contributed by atoms with E-state index in [0.717, 1.165) is 25.1 Å². The van der Waals surface area contributed by atoms with Gasteiger partial charge in [0.05, 0.1) is 12.6 Å². The maximum atomic E-state index is 12.0. The highest BCUT2D eigenvalue weighted by Crippen LogP contribution is 2.08. The molecule has 1 aliphatic rings. The molecule has 1 aliphatic heterocycles. The van der Waals surface area contributed by atoms with Crippen LogP contribution in [0, 0.1) is 0 Å². The van der Waals surface area contributed by atoms with Crippen molar-refractivity contribution in [3.63, 3.8) is 0 Å². The van der Waals surface area contributed by atoms with Crippen molar-refractivity contribution in [3.05, 3.63) is 30.3 Å². The summed E-state index contributed by atoms with van der Waals surface area (Å²) in [6.07, 6.45) is 1.87. The fourth-order valence-electron chi connectivity index (χ4n) is 2.18. The van der Waals surface area contributed by atoms with Crippen molar-refractivity contribution >= 4 is 17.5 Å². The molecule has 2 amide bonds. The molecule has 1 aromatic rings. The molecular formula is C14H19N3O2. The first kappa shape index (κ1) is 13.5. The molecule has 1 saturated heterocycles. The summed E-state index contributed by atoms with van der Waals surface area (Å²) in [5, 5.41) is 5.90. The van der Waals surface area contributed by atoms with E-state index in [-0.39, 0.29) is 24.4 Å². The zero-order valence-corrected chi connectivity index (χ0v) is 11.1. The third-order valence-corrected chi connectivity index (χ3v) is 3.17. The fourth-order valence-corrected chi connectivity index (χ4v) is 2.18. The summed E-state index contributed by atoms with van der Waals surface area (Å²) in [6, 6.07) is 9.10. The zero-order chi connectivity index (χ0) is 13.7. The number of hydrogen-bond acceptors (Lipinski definition) is 3. The highest BCUT2D eigenvalue weighted by Gasteiger charge is 2.25. The smallest absolute Gasteiger partial charge is 0.243 e. The Morgan fingerprint density at radius 2 is 2.11 bits per heavy atom. The molecule has 0 radical (unpaired) electrons. The quantitative estimate of drug-likeness (QED) is 0.844. The number of rotatable bonds is 4. The van der Waals surface area contributed by atoms with E-state index >= 15 is 0 Å². The van der Waals surface area contributed by atoms with Crippen LogP contribution in [0.15, 0.2) is 30.3 Å². The molecule has 102 valence electrons. The second-order valence-corrected chi connectivity index (χ2v) is 4.76. The molecule has 0 spiro atoms. The van der Waals surface area contributed by atoms with Gasteiger partial charge in [0.2, 0.25) is 11.8 Å². The standard InChI is InChI=1S/C14H19N3O2/c1-17(14(19)12-8-5-9-15-12)10-13(18)16-11-6-3-2-4-7-11/h2-4,6-7,12,15H,5,8-10H2,1H3,(H,16,18). The number of amides is 2. The lowest BCUT2D eigenvalue weighted by Crippen LogP contribution is -2.44. The van der Waals surface area contributed by atoms with Gasteiger partial charge in [0.25, 0.3) is 0 Å². The monoisotopic (exact) mass is 261 g/mol. The molecule has 0 aromatic heterocycles. The number of likely N-dealkylation sites (N-methyl/N-ethyl adjacent to an activating group) is 1. The molecule has 1 atom stereocenters. The molecule has 0 bridgehead atoms. The molecule has 1 heterocycles. The predicted molar refractivity (Wildman–Crippen MR) is 73.7 cm³/mol. The predicted octanol–water partition coefficient (Wildman–Crippen LogP) is 0.835. The first-order valence-electron chi connectivity index (χ1n) is 6.50. The molecule has 0 saturated carbocycles. The van der Waals surface area contributed by atoms with Crippen LogP contribution in [-0.4, -0.2) is 42.9 Å². The highest BCUT2D eigenvalue weighted by molar-refractivity contribution is 5.95. The average molecular weight is 261 g/mol. The first-order valence-corrected chi connectivity index (χ1v) is 6.50. The van der Waals surface area contributed by atoms with Gasteiger partial charge in [-0.05, 0) is 31.5 Å². The van der Waals surface area contributed by atoms with E-state index in [0.29, 0.717) is 0 Å². The zero-order valence-electron chi connectivity index (χ0n) is 11.1. The van der Waals surface area contributed by atoms with E-state index in [9.17, 15) is 9.59 Å². The topological polar surface area (TPSA) is 61.4 Å². The minimum absolute atomic E-state index is 0.0132. The van der Waals surface area contributed by atoms with Crippen LogP contribution >= 0.6 is 0 Å². The minimum Gasteiger partial charge on any atom is -0.335 e. The van der Waals surface area contributed by atoms with Gasteiger partial charge in [-0.3, -0.25) is 9.59 Å². The van der Waals surface area contributed by atoms with Gasteiger partial charge in [0.15, 0.2) is 0 Å². The number of hydrogen-bond donors (Lipinski definition) is 2. The maximum absolute atomic E-state index is 12.0. The second kappa shape index (κ2) is 6.33. The second-order valence-electron chi connectivity index (χ2n) is 4.76. The summed E-state index contributed by atoms with van der Waals surface area (Å²) in [4.78, 5) is 25.3. The maximum Gasteiger partial charge on any atom is 0.243 e. The first-order chi connectivity index (χ1) is 9.16. The van der Waals surface area contributed by atoms with E-state index in [1.807, 2.05) is 30.3 Å². The van der Waals surface area contributed by atoms with Crippen LogP contribution < -0.4 is 10.6 Å². The van der Waals surface area contributed by atoms with Crippen LogP contribution in [0.2, 0.25) is 0 Å².